The van der Waals surface area contributed by atoms with E-state index in [9.17, 15) is 4.79 Å². The van der Waals surface area contributed by atoms with Crippen LogP contribution in [0.3, 0.4) is 0 Å². The number of hydrogen-bond acceptors (Lipinski definition) is 1. The summed E-state index contributed by atoms with van der Waals surface area (Å²) in [5.41, 5.74) is 0. The van der Waals surface area contributed by atoms with Gasteiger partial charge < -0.3 is 5.11 Å². The van der Waals surface area contributed by atoms with E-state index in [0.29, 0.717) is 5.92 Å². The Balaban J connectivity index is 3.20. The number of carbonyl (C=O) groups is 1. The summed E-state index contributed by atoms with van der Waals surface area (Å²) < 4.78 is 0. The van der Waals surface area contributed by atoms with E-state index < -0.39 is 5.97 Å². The first-order chi connectivity index (χ1) is 5.13. The van der Waals surface area contributed by atoms with Crippen LogP contribution in [0.2, 0.25) is 0 Å². The standard InChI is InChI=1S/C9H16O2/c1-8(2)6-4-3-5-7-9(10)11/h4,6,8H,3,5,7H2,1-2H3,(H,10,11)/b6-4-. The molecule has 0 aromatic rings. The summed E-state index contributed by atoms with van der Waals surface area (Å²) in [5, 5.41) is 8.30. The number of carboxylic acids is 1. The summed E-state index contributed by atoms with van der Waals surface area (Å²) in [6, 6.07) is 0. The van der Waals surface area contributed by atoms with Crippen LogP contribution >= 0.6 is 0 Å². The summed E-state index contributed by atoms with van der Waals surface area (Å²) >= 11 is 0. The first kappa shape index (κ1) is 10.2. The van der Waals surface area contributed by atoms with E-state index in [-0.39, 0.29) is 6.42 Å². The quantitative estimate of drug-likeness (QED) is 0.490. The molecule has 0 radical (unpaired) electrons. The largest absolute Gasteiger partial charge is 0.481 e. The van der Waals surface area contributed by atoms with Crippen LogP contribution in [0.4, 0.5) is 0 Å². The van der Waals surface area contributed by atoms with E-state index in [2.05, 4.69) is 19.9 Å². The van der Waals surface area contributed by atoms with Crippen molar-refractivity contribution in [3.63, 3.8) is 0 Å². The van der Waals surface area contributed by atoms with E-state index in [1.165, 1.54) is 0 Å². The second-order valence-electron chi connectivity index (χ2n) is 2.96. The Bertz CT molecular complexity index is 136. The third kappa shape index (κ3) is 9.21. The van der Waals surface area contributed by atoms with E-state index in [0.717, 1.165) is 12.8 Å². The Morgan fingerprint density at radius 3 is 2.64 bits per heavy atom. The molecule has 0 unspecified atom stereocenters. The topological polar surface area (TPSA) is 37.3 Å². The van der Waals surface area contributed by atoms with Crippen LogP contribution < -0.4 is 0 Å². The number of unbranched alkanes of at least 4 members (excludes halogenated alkanes) is 1. The minimum absolute atomic E-state index is 0.280. The van der Waals surface area contributed by atoms with Gasteiger partial charge in [-0.25, -0.2) is 0 Å². The molecule has 64 valence electrons. The molecule has 11 heavy (non-hydrogen) atoms. The van der Waals surface area contributed by atoms with E-state index in [1.54, 1.807) is 0 Å². The maximum atomic E-state index is 10.1. The second-order valence-corrected chi connectivity index (χ2v) is 2.96. The zero-order valence-electron chi connectivity index (χ0n) is 7.21. The van der Waals surface area contributed by atoms with Gasteiger partial charge in [-0.3, -0.25) is 4.79 Å². The SMILES string of the molecule is CC(C)/C=C\CCCC(=O)O. The second kappa shape index (κ2) is 5.96. The lowest BCUT2D eigenvalue weighted by Gasteiger charge is -1.93. The number of carboxylic acid groups (broad SMARTS) is 1. The molecule has 0 bridgehead atoms. The van der Waals surface area contributed by atoms with Crippen molar-refractivity contribution >= 4 is 5.97 Å². The first-order valence-electron chi connectivity index (χ1n) is 4.01. The third-order valence-electron chi connectivity index (χ3n) is 1.28. The molecule has 0 fully saturated rings. The summed E-state index contributed by atoms with van der Waals surface area (Å²) in [5.74, 6) is -0.136. The zero-order valence-corrected chi connectivity index (χ0v) is 7.21. The van der Waals surface area contributed by atoms with Crippen molar-refractivity contribution in [2.24, 2.45) is 5.92 Å². The minimum Gasteiger partial charge on any atom is -0.481 e. The Kier molecular flexibility index (Phi) is 5.53. The van der Waals surface area contributed by atoms with Crippen molar-refractivity contribution in [1.82, 2.24) is 0 Å². The highest BCUT2D eigenvalue weighted by Gasteiger charge is 1.93. The van der Waals surface area contributed by atoms with Gasteiger partial charge in [-0.1, -0.05) is 26.0 Å². The van der Waals surface area contributed by atoms with Gasteiger partial charge in [0.2, 0.25) is 0 Å². The Morgan fingerprint density at radius 2 is 2.18 bits per heavy atom. The van der Waals surface area contributed by atoms with E-state index in [4.69, 9.17) is 5.11 Å². The third-order valence-corrected chi connectivity index (χ3v) is 1.28. The smallest absolute Gasteiger partial charge is 0.303 e. The lowest BCUT2D eigenvalue weighted by Crippen LogP contribution is -1.92. The summed E-state index contributed by atoms with van der Waals surface area (Å²) in [6.07, 6.45) is 6.06. The molecule has 2 heteroatoms. The zero-order chi connectivity index (χ0) is 8.69. The van der Waals surface area contributed by atoms with Crippen molar-refractivity contribution in [2.45, 2.75) is 33.1 Å². The van der Waals surface area contributed by atoms with E-state index in [1.807, 2.05) is 6.08 Å². The van der Waals surface area contributed by atoms with Gasteiger partial charge in [-0.2, -0.15) is 0 Å². The number of rotatable bonds is 5. The van der Waals surface area contributed by atoms with Crippen LogP contribution in [0, 0.1) is 5.92 Å². The van der Waals surface area contributed by atoms with Crippen molar-refractivity contribution in [3.05, 3.63) is 12.2 Å². The van der Waals surface area contributed by atoms with Crippen LogP contribution in [0.25, 0.3) is 0 Å². The highest BCUT2D eigenvalue weighted by atomic mass is 16.4. The lowest BCUT2D eigenvalue weighted by molar-refractivity contribution is -0.137. The fraction of sp³-hybridized carbons (Fsp3) is 0.667. The van der Waals surface area contributed by atoms with Crippen molar-refractivity contribution < 1.29 is 9.90 Å². The molecule has 2 nitrogen and oxygen atoms in total. The molecular weight excluding hydrogens is 140 g/mol. The molecular formula is C9H16O2. The molecule has 0 saturated carbocycles. The Morgan fingerprint density at radius 1 is 1.55 bits per heavy atom. The van der Waals surface area contributed by atoms with Gasteiger partial charge in [0.1, 0.15) is 0 Å². The maximum Gasteiger partial charge on any atom is 0.303 e. The summed E-state index contributed by atoms with van der Waals surface area (Å²) in [7, 11) is 0. The molecule has 0 aliphatic carbocycles. The van der Waals surface area contributed by atoms with Crippen LogP contribution in [-0.4, -0.2) is 11.1 Å². The fourth-order valence-corrected chi connectivity index (χ4v) is 0.740. The van der Waals surface area contributed by atoms with Crippen LogP contribution in [-0.2, 0) is 4.79 Å². The predicted octanol–water partition coefficient (Wildman–Crippen LogP) is 2.45. The minimum atomic E-state index is -0.706. The summed E-state index contributed by atoms with van der Waals surface area (Å²) in [4.78, 5) is 10.1. The molecule has 0 aromatic heterocycles. The number of aliphatic carboxylic acids is 1. The van der Waals surface area contributed by atoms with Gasteiger partial charge in [0.05, 0.1) is 0 Å². The molecule has 0 amide bonds. The lowest BCUT2D eigenvalue weighted by atomic mass is 10.1. The predicted molar refractivity (Wildman–Crippen MR) is 45.5 cm³/mol. The van der Waals surface area contributed by atoms with Gasteiger partial charge in [0, 0.05) is 6.42 Å². The Labute approximate surface area is 67.9 Å². The van der Waals surface area contributed by atoms with Gasteiger partial charge >= 0.3 is 5.97 Å². The molecule has 0 heterocycles. The molecule has 1 N–H and O–H groups in total. The van der Waals surface area contributed by atoms with Gasteiger partial charge in [0.15, 0.2) is 0 Å². The highest BCUT2D eigenvalue weighted by molar-refractivity contribution is 5.66. The van der Waals surface area contributed by atoms with Gasteiger partial charge in [-0.15, -0.1) is 0 Å². The van der Waals surface area contributed by atoms with Crippen LogP contribution in [0.5, 0.6) is 0 Å². The molecule has 0 rings (SSSR count). The van der Waals surface area contributed by atoms with Gasteiger partial charge in [-0.05, 0) is 18.8 Å². The monoisotopic (exact) mass is 156 g/mol. The molecule has 0 atom stereocenters. The molecule has 0 spiro atoms. The first-order valence-corrected chi connectivity index (χ1v) is 4.01. The number of allylic oxidation sites excluding steroid dienone is 2. The van der Waals surface area contributed by atoms with Crippen LogP contribution in [0.1, 0.15) is 33.1 Å². The maximum absolute atomic E-state index is 10.1. The normalized spacial score (nSPS) is 11.2. The average Bonchev–Trinajstić information content (AvgIpc) is 1.85. The van der Waals surface area contributed by atoms with E-state index >= 15 is 0 Å². The molecule has 0 aliphatic rings. The molecule has 0 saturated heterocycles. The van der Waals surface area contributed by atoms with Crippen LogP contribution in [0.15, 0.2) is 12.2 Å². The molecule has 0 aliphatic heterocycles. The summed E-state index contributed by atoms with van der Waals surface area (Å²) in [6.45, 7) is 4.21. The Hall–Kier alpha value is -0.790. The molecule has 0 aromatic carbocycles. The van der Waals surface area contributed by atoms with Crippen molar-refractivity contribution in [1.29, 1.82) is 0 Å². The number of hydrogen-bond donors (Lipinski definition) is 1. The van der Waals surface area contributed by atoms with Crippen molar-refractivity contribution in [2.75, 3.05) is 0 Å². The average molecular weight is 156 g/mol. The fourth-order valence-electron chi connectivity index (χ4n) is 0.740. The van der Waals surface area contributed by atoms with Gasteiger partial charge in [0.25, 0.3) is 0 Å². The highest BCUT2D eigenvalue weighted by Crippen LogP contribution is 2.00. The van der Waals surface area contributed by atoms with Crippen molar-refractivity contribution in [3.8, 4) is 0 Å².